The van der Waals surface area contributed by atoms with Gasteiger partial charge in [0, 0.05) is 11.4 Å². The minimum Gasteiger partial charge on any atom is -0.488 e. The maximum absolute atomic E-state index is 12.1. The lowest BCUT2D eigenvalue weighted by Gasteiger charge is -2.45. The van der Waals surface area contributed by atoms with Crippen LogP contribution in [0.4, 0.5) is 0 Å². The highest BCUT2D eigenvalue weighted by molar-refractivity contribution is 6.31. The van der Waals surface area contributed by atoms with E-state index in [0.29, 0.717) is 36.0 Å². The number of fused-ring (bicyclic) bond motifs is 1. The van der Waals surface area contributed by atoms with E-state index >= 15 is 0 Å². The molecule has 4 heteroatoms. The van der Waals surface area contributed by atoms with Gasteiger partial charge in [-0.2, -0.15) is 0 Å². The lowest BCUT2D eigenvalue weighted by molar-refractivity contribution is -0.153. The van der Waals surface area contributed by atoms with Crippen molar-refractivity contribution in [2.45, 2.75) is 19.4 Å². The van der Waals surface area contributed by atoms with Gasteiger partial charge < -0.3 is 9.47 Å². The van der Waals surface area contributed by atoms with Crippen LogP contribution in [0.5, 0.6) is 5.75 Å². The molecule has 0 aliphatic carbocycles. The van der Waals surface area contributed by atoms with E-state index < -0.39 is 0 Å². The first-order chi connectivity index (χ1) is 8.08. The van der Waals surface area contributed by atoms with Crippen molar-refractivity contribution < 1.29 is 14.3 Å². The van der Waals surface area contributed by atoms with Crippen molar-refractivity contribution in [1.82, 2.24) is 0 Å². The second kappa shape index (κ2) is 3.72. The van der Waals surface area contributed by atoms with Gasteiger partial charge in [-0.15, -0.1) is 0 Å². The predicted octanol–water partition coefficient (Wildman–Crippen LogP) is 2.71. The van der Waals surface area contributed by atoms with Gasteiger partial charge in [0.25, 0.3) is 0 Å². The van der Waals surface area contributed by atoms with E-state index in [4.69, 9.17) is 21.1 Å². The molecular weight excluding hydrogens is 240 g/mol. The third-order valence-corrected chi connectivity index (χ3v) is 3.76. The number of ketones is 1. The molecule has 0 saturated carbocycles. The number of ether oxygens (including phenoxy) is 2. The van der Waals surface area contributed by atoms with Gasteiger partial charge in [-0.3, -0.25) is 4.79 Å². The van der Waals surface area contributed by atoms with Crippen LogP contribution in [0.25, 0.3) is 0 Å². The normalized spacial score (nSPS) is 25.8. The van der Waals surface area contributed by atoms with Crippen LogP contribution in [-0.2, 0) is 4.74 Å². The Morgan fingerprint density at radius 3 is 2.82 bits per heavy atom. The number of benzene rings is 1. The predicted molar refractivity (Wildman–Crippen MR) is 63.7 cm³/mol. The summed E-state index contributed by atoms with van der Waals surface area (Å²) in [5.41, 5.74) is 0.560. The molecule has 1 unspecified atom stereocenters. The van der Waals surface area contributed by atoms with Gasteiger partial charge in [0.15, 0.2) is 5.78 Å². The first-order valence-electron chi connectivity index (χ1n) is 5.66. The number of Topliss-reactive ketones (excluding diaryl/α,β-unsaturated/α-hetero) is 1. The molecule has 0 bridgehead atoms. The molecule has 3 rings (SSSR count). The van der Waals surface area contributed by atoms with Crippen molar-refractivity contribution >= 4 is 17.4 Å². The summed E-state index contributed by atoms with van der Waals surface area (Å²) < 4.78 is 11.1. The lowest BCUT2D eigenvalue weighted by Crippen LogP contribution is -2.53. The highest BCUT2D eigenvalue weighted by Gasteiger charge is 2.46. The quantitative estimate of drug-likeness (QED) is 0.771. The van der Waals surface area contributed by atoms with Crippen LogP contribution in [-0.4, -0.2) is 25.1 Å². The molecule has 1 saturated heterocycles. The van der Waals surface area contributed by atoms with Gasteiger partial charge in [0.2, 0.25) is 0 Å². The SMILES string of the molecule is CC1(C2CC(=O)c3cc(Cl)ccc3O2)COC1. The maximum Gasteiger partial charge on any atom is 0.170 e. The fourth-order valence-electron chi connectivity index (χ4n) is 2.29. The minimum atomic E-state index is -0.0857. The molecule has 1 atom stereocenters. The molecule has 0 amide bonds. The molecule has 17 heavy (non-hydrogen) atoms. The molecule has 1 aromatic rings. The Hall–Kier alpha value is -1.06. The molecule has 0 spiro atoms. The van der Waals surface area contributed by atoms with E-state index in [0.717, 1.165) is 0 Å². The van der Waals surface area contributed by atoms with E-state index in [2.05, 4.69) is 6.92 Å². The zero-order valence-corrected chi connectivity index (χ0v) is 10.3. The van der Waals surface area contributed by atoms with Crippen molar-refractivity contribution in [1.29, 1.82) is 0 Å². The Morgan fingerprint density at radius 1 is 1.41 bits per heavy atom. The van der Waals surface area contributed by atoms with Crippen LogP contribution >= 0.6 is 11.6 Å². The lowest BCUT2D eigenvalue weighted by atomic mass is 9.78. The molecule has 0 N–H and O–H groups in total. The molecule has 2 aliphatic heterocycles. The maximum atomic E-state index is 12.1. The molecule has 3 nitrogen and oxygen atoms in total. The number of hydrogen-bond acceptors (Lipinski definition) is 3. The first-order valence-corrected chi connectivity index (χ1v) is 6.03. The van der Waals surface area contributed by atoms with Gasteiger partial charge in [-0.05, 0) is 18.2 Å². The summed E-state index contributed by atoms with van der Waals surface area (Å²) in [7, 11) is 0. The first kappa shape index (κ1) is 11.1. The minimum absolute atomic E-state index is 0.0347. The molecule has 2 heterocycles. The van der Waals surface area contributed by atoms with Gasteiger partial charge in [0.05, 0.1) is 24.2 Å². The van der Waals surface area contributed by atoms with Crippen molar-refractivity contribution in [3.63, 3.8) is 0 Å². The van der Waals surface area contributed by atoms with Crippen LogP contribution in [0.3, 0.4) is 0 Å². The van der Waals surface area contributed by atoms with Crippen molar-refractivity contribution in [3.05, 3.63) is 28.8 Å². The molecule has 1 fully saturated rings. The van der Waals surface area contributed by atoms with Crippen LogP contribution < -0.4 is 4.74 Å². The topological polar surface area (TPSA) is 35.5 Å². The van der Waals surface area contributed by atoms with E-state index in [1.807, 2.05) is 0 Å². The zero-order valence-electron chi connectivity index (χ0n) is 9.53. The molecular formula is C13H13ClO3. The number of carbonyl (C=O) groups is 1. The summed E-state index contributed by atoms with van der Waals surface area (Å²) in [6, 6.07) is 5.19. The highest BCUT2D eigenvalue weighted by atomic mass is 35.5. The summed E-state index contributed by atoms with van der Waals surface area (Å²) in [5, 5.41) is 0.567. The third-order valence-electron chi connectivity index (χ3n) is 3.52. The molecule has 1 aromatic carbocycles. The van der Waals surface area contributed by atoms with Crippen molar-refractivity contribution in [3.8, 4) is 5.75 Å². The second-order valence-corrected chi connectivity index (χ2v) is 5.46. The average molecular weight is 253 g/mol. The molecule has 2 aliphatic rings. The van der Waals surface area contributed by atoms with Gasteiger partial charge in [-0.1, -0.05) is 18.5 Å². The Labute approximate surface area is 105 Å². The van der Waals surface area contributed by atoms with Gasteiger partial charge in [-0.25, -0.2) is 0 Å². The molecule has 0 radical (unpaired) electrons. The molecule has 0 aromatic heterocycles. The molecule has 90 valence electrons. The largest absolute Gasteiger partial charge is 0.488 e. The van der Waals surface area contributed by atoms with Crippen LogP contribution in [0.1, 0.15) is 23.7 Å². The summed E-state index contributed by atoms with van der Waals surface area (Å²) in [6.45, 7) is 3.41. The standard InChI is InChI=1S/C13H13ClO3/c1-13(6-16-7-13)12-5-10(15)9-4-8(14)2-3-11(9)17-12/h2-4,12H,5-7H2,1H3. The smallest absolute Gasteiger partial charge is 0.170 e. The van der Waals surface area contributed by atoms with Gasteiger partial charge in [0.1, 0.15) is 11.9 Å². The Balaban J connectivity index is 1.93. The number of hydrogen-bond donors (Lipinski definition) is 0. The summed E-state index contributed by atoms with van der Waals surface area (Å²) in [6.07, 6.45) is 0.324. The zero-order chi connectivity index (χ0) is 12.0. The fraction of sp³-hybridized carbons (Fsp3) is 0.462. The Morgan fingerprint density at radius 2 is 2.18 bits per heavy atom. The van der Waals surface area contributed by atoms with Crippen LogP contribution in [0, 0.1) is 5.41 Å². The van der Waals surface area contributed by atoms with Crippen LogP contribution in [0.2, 0.25) is 5.02 Å². The Bertz CT molecular complexity index is 480. The average Bonchev–Trinajstić information content (AvgIpc) is 2.26. The Kier molecular flexibility index (Phi) is 2.42. The van der Waals surface area contributed by atoms with Crippen molar-refractivity contribution in [2.24, 2.45) is 5.41 Å². The summed E-state index contributed by atoms with van der Waals surface area (Å²) >= 11 is 5.88. The van der Waals surface area contributed by atoms with E-state index in [1.54, 1.807) is 18.2 Å². The van der Waals surface area contributed by atoms with E-state index in [-0.39, 0.29) is 17.3 Å². The van der Waals surface area contributed by atoms with Crippen LogP contribution in [0.15, 0.2) is 18.2 Å². The highest BCUT2D eigenvalue weighted by Crippen LogP contribution is 2.40. The second-order valence-electron chi connectivity index (χ2n) is 5.02. The van der Waals surface area contributed by atoms with Gasteiger partial charge >= 0.3 is 0 Å². The monoisotopic (exact) mass is 252 g/mol. The van der Waals surface area contributed by atoms with Crippen molar-refractivity contribution in [2.75, 3.05) is 13.2 Å². The van der Waals surface area contributed by atoms with E-state index in [1.165, 1.54) is 0 Å². The summed E-state index contributed by atoms with van der Waals surface area (Å²) in [5.74, 6) is 0.746. The number of rotatable bonds is 1. The van der Waals surface area contributed by atoms with E-state index in [9.17, 15) is 4.79 Å². The number of carbonyl (C=O) groups excluding carboxylic acids is 1. The fourth-order valence-corrected chi connectivity index (χ4v) is 2.47. The summed E-state index contributed by atoms with van der Waals surface area (Å²) in [4.78, 5) is 12.1. The third kappa shape index (κ3) is 1.74. The number of halogens is 1.